The number of rotatable bonds is 3. The van der Waals surface area contributed by atoms with E-state index in [1.807, 2.05) is 12.1 Å². The molecule has 1 rings (SSSR count). The van der Waals surface area contributed by atoms with E-state index < -0.39 is 0 Å². The molecule has 1 aromatic rings. The molecule has 1 amide bonds. The van der Waals surface area contributed by atoms with Gasteiger partial charge in [0.2, 0.25) is 5.91 Å². The molecular weight excluding hydrogens is 152 g/mol. The van der Waals surface area contributed by atoms with E-state index in [4.69, 9.17) is 0 Å². The molecule has 0 aliphatic rings. The zero-order chi connectivity index (χ0) is 8.81. The number of hydrogen-bond donors (Lipinski definition) is 1. The molecule has 0 saturated carbocycles. The van der Waals surface area contributed by atoms with Gasteiger partial charge in [0.05, 0.1) is 0 Å². The molecule has 0 spiro atoms. The maximum absolute atomic E-state index is 10.8. The first kappa shape index (κ1) is 8.71. The Balaban J connectivity index is 2.38. The molecule has 1 heterocycles. The highest BCUT2D eigenvalue weighted by atomic mass is 16.1. The van der Waals surface area contributed by atoms with Gasteiger partial charge in [-0.1, -0.05) is 0 Å². The van der Waals surface area contributed by atoms with Crippen molar-refractivity contribution in [1.82, 2.24) is 10.3 Å². The van der Waals surface area contributed by atoms with Gasteiger partial charge in [0.1, 0.15) is 0 Å². The van der Waals surface area contributed by atoms with Crippen LogP contribution in [0, 0.1) is 6.92 Å². The Bertz CT molecular complexity index is 246. The smallest absolute Gasteiger partial charge is 0.220 e. The third kappa shape index (κ3) is 2.70. The van der Waals surface area contributed by atoms with Crippen molar-refractivity contribution in [3.63, 3.8) is 0 Å². The Hall–Kier alpha value is -1.38. The fourth-order valence-electron chi connectivity index (χ4n) is 0.790. The van der Waals surface area contributed by atoms with Gasteiger partial charge in [0.25, 0.3) is 0 Å². The maximum Gasteiger partial charge on any atom is 0.220 e. The van der Waals surface area contributed by atoms with Crippen LogP contribution in [0.2, 0.25) is 0 Å². The van der Waals surface area contributed by atoms with E-state index >= 15 is 0 Å². The van der Waals surface area contributed by atoms with E-state index in [-0.39, 0.29) is 12.3 Å². The van der Waals surface area contributed by atoms with E-state index in [9.17, 15) is 4.79 Å². The van der Waals surface area contributed by atoms with Crippen LogP contribution in [0.15, 0.2) is 24.5 Å². The summed E-state index contributed by atoms with van der Waals surface area (Å²) in [6.45, 7) is 4.03. The van der Waals surface area contributed by atoms with Gasteiger partial charge < -0.3 is 5.32 Å². The highest BCUT2D eigenvalue weighted by molar-refractivity contribution is 5.76. The topological polar surface area (TPSA) is 42.0 Å². The van der Waals surface area contributed by atoms with Gasteiger partial charge in [-0.3, -0.25) is 9.78 Å². The number of pyridine rings is 1. The molecule has 0 fully saturated rings. The minimum Gasteiger partial charge on any atom is -0.352 e. The number of nitrogens with one attached hydrogen (secondary N) is 1. The summed E-state index contributed by atoms with van der Waals surface area (Å²) in [5.41, 5.74) is 1.05. The van der Waals surface area contributed by atoms with Gasteiger partial charge in [0.15, 0.2) is 0 Å². The van der Waals surface area contributed by atoms with Gasteiger partial charge >= 0.3 is 0 Å². The van der Waals surface area contributed by atoms with Gasteiger partial charge in [-0.05, 0) is 24.6 Å². The van der Waals surface area contributed by atoms with Gasteiger partial charge in [0, 0.05) is 25.4 Å². The molecule has 0 saturated heterocycles. The van der Waals surface area contributed by atoms with Crippen LogP contribution in [0.5, 0.6) is 0 Å². The van der Waals surface area contributed by atoms with Crippen molar-refractivity contribution in [3.8, 4) is 0 Å². The molecule has 0 atom stereocenters. The van der Waals surface area contributed by atoms with E-state index in [1.165, 1.54) is 0 Å². The van der Waals surface area contributed by atoms with Crippen molar-refractivity contribution >= 4 is 5.91 Å². The lowest BCUT2D eigenvalue weighted by Crippen LogP contribution is -2.21. The highest BCUT2D eigenvalue weighted by Crippen LogP contribution is 1.94. The van der Waals surface area contributed by atoms with Crippen molar-refractivity contribution in [2.45, 2.75) is 13.0 Å². The van der Waals surface area contributed by atoms with Crippen LogP contribution in [0.25, 0.3) is 0 Å². The average Bonchev–Trinajstić information content (AvgIpc) is 2.16. The molecule has 3 heteroatoms. The molecular formula is C9H11N2O. The van der Waals surface area contributed by atoms with Crippen LogP contribution in [0.1, 0.15) is 12.0 Å². The van der Waals surface area contributed by atoms with Crippen LogP contribution in [-0.4, -0.2) is 10.9 Å². The molecule has 1 aromatic heterocycles. The summed E-state index contributed by atoms with van der Waals surface area (Å²) in [7, 11) is 0. The molecule has 63 valence electrons. The molecule has 0 aliphatic heterocycles. The van der Waals surface area contributed by atoms with Crippen LogP contribution in [0.3, 0.4) is 0 Å². The van der Waals surface area contributed by atoms with Gasteiger partial charge in [-0.15, -0.1) is 0 Å². The molecule has 0 aromatic carbocycles. The SMILES string of the molecule is [CH2]CC(=O)NCc1ccncc1. The Morgan fingerprint density at radius 3 is 2.75 bits per heavy atom. The molecule has 1 radical (unpaired) electrons. The fraction of sp³-hybridized carbons (Fsp3) is 0.222. The minimum atomic E-state index is -0.0354. The monoisotopic (exact) mass is 163 g/mol. The first-order valence-corrected chi connectivity index (χ1v) is 3.78. The first-order chi connectivity index (χ1) is 5.83. The van der Waals surface area contributed by atoms with E-state index in [2.05, 4.69) is 17.2 Å². The summed E-state index contributed by atoms with van der Waals surface area (Å²) < 4.78 is 0. The zero-order valence-electron chi connectivity index (χ0n) is 6.79. The Labute approximate surface area is 71.8 Å². The van der Waals surface area contributed by atoms with Crippen molar-refractivity contribution < 1.29 is 4.79 Å². The Kier molecular flexibility index (Phi) is 3.26. The van der Waals surface area contributed by atoms with Gasteiger partial charge in [-0.25, -0.2) is 0 Å². The summed E-state index contributed by atoms with van der Waals surface area (Å²) >= 11 is 0. The number of amides is 1. The number of nitrogens with zero attached hydrogens (tertiary/aromatic N) is 1. The van der Waals surface area contributed by atoms with Crippen molar-refractivity contribution in [1.29, 1.82) is 0 Å². The van der Waals surface area contributed by atoms with Crippen LogP contribution >= 0.6 is 0 Å². The van der Waals surface area contributed by atoms with E-state index in [1.54, 1.807) is 12.4 Å². The second-order valence-corrected chi connectivity index (χ2v) is 2.38. The number of carbonyl (C=O) groups is 1. The molecule has 0 unspecified atom stereocenters. The minimum absolute atomic E-state index is 0.0354. The standard InChI is InChI=1S/C9H11N2O/c1-2-9(12)11-7-8-3-5-10-6-4-8/h3-6H,1-2,7H2,(H,11,12). The van der Waals surface area contributed by atoms with Crippen molar-refractivity contribution in [3.05, 3.63) is 37.0 Å². The highest BCUT2D eigenvalue weighted by Gasteiger charge is 1.95. The molecule has 1 N–H and O–H groups in total. The zero-order valence-corrected chi connectivity index (χ0v) is 6.79. The molecule has 0 bridgehead atoms. The molecule has 0 aliphatic carbocycles. The van der Waals surface area contributed by atoms with Gasteiger partial charge in [-0.2, -0.15) is 0 Å². The van der Waals surface area contributed by atoms with E-state index in [0.29, 0.717) is 6.54 Å². The largest absolute Gasteiger partial charge is 0.352 e. The average molecular weight is 163 g/mol. The van der Waals surface area contributed by atoms with Crippen molar-refractivity contribution in [2.75, 3.05) is 0 Å². The summed E-state index contributed by atoms with van der Waals surface area (Å²) in [6, 6.07) is 3.73. The van der Waals surface area contributed by atoms with Crippen LogP contribution in [0.4, 0.5) is 0 Å². The lowest BCUT2D eigenvalue weighted by molar-refractivity contribution is -0.120. The Morgan fingerprint density at radius 1 is 1.50 bits per heavy atom. The van der Waals surface area contributed by atoms with Crippen molar-refractivity contribution in [2.24, 2.45) is 0 Å². The second kappa shape index (κ2) is 4.49. The third-order valence-corrected chi connectivity index (χ3v) is 1.47. The summed E-state index contributed by atoms with van der Waals surface area (Å²) in [5.74, 6) is -0.0354. The number of hydrogen-bond acceptors (Lipinski definition) is 2. The lowest BCUT2D eigenvalue weighted by atomic mass is 10.2. The first-order valence-electron chi connectivity index (χ1n) is 3.78. The Morgan fingerprint density at radius 2 is 2.17 bits per heavy atom. The summed E-state index contributed by atoms with van der Waals surface area (Å²) in [4.78, 5) is 14.7. The predicted molar refractivity (Wildman–Crippen MR) is 46.1 cm³/mol. The molecule has 12 heavy (non-hydrogen) atoms. The number of carbonyl (C=O) groups excluding carboxylic acids is 1. The quantitative estimate of drug-likeness (QED) is 0.720. The third-order valence-electron chi connectivity index (χ3n) is 1.47. The van der Waals surface area contributed by atoms with Crippen LogP contribution in [-0.2, 0) is 11.3 Å². The lowest BCUT2D eigenvalue weighted by Gasteiger charge is -2.01. The normalized spacial score (nSPS) is 9.42. The molecule has 3 nitrogen and oxygen atoms in total. The summed E-state index contributed by atoms with van der Waals surface area (Å²) in [5, 5.41) is 2.72. The fourth-order valence-corrected chi connectivity index (χ4v) is 0.790. The second-order valence-electron chi connectivity index (χ2n) is 2.38. The predicted octanol–water partition coefficient (Wildman–Crippen LogP) is 0.922. The summed E-state index contributed by atoms with van der Waals surface area (Å²) in [6.07, 6.45) is 3.68. The number of aromatic nitrogens is 1. The van der Waals surface area contributed by atoms with Crippen LogP contribution < -0.4 is 5.32 Å². The van der Waals surface area contributed by atoms with E-state index in [0.717, 1.165) is 5.56 Å². The maximum atomic E-state index is 10.8.